The van der Waals surface area contributed by atoms with Crippen molar-refractivity contribution in [3.05, 3.63) is 78.1 Å². The fourth-order valence-electron chi connectivity index (χ4n) is 3.65. The zero-order valence-corrected chi connectivity index (χ0v) is 17.2. The molecule has 2 aromatic heterocycles. The molecule has 148 valence electrons. The lowest BCUT2D eigenvalue weighted by atomic mass is 9.84. The van der Waals surface area contributed by atoms with Crippen molar-refractivity contribution in [2.45, 2.75) is 18.4 Å². The largest absolute Gasteiger partial charge is 0.497 e. The topological polar surface area (TPSA) is 87.0 Å². The number of benzene rings is 2. The van der Waals surface area contributed by atoms with Gasteiger partial charge in [0, 0.05) is 11.6 Å². The highest BCUT2D eigenvalue weighted by Gasteiger charge is 2.31. The first kappa shape index (κ1) is 19.5. The number of rotatable bonds is 7. The van der Waals surface area contributed by atoms with E-state index >= 15 is 0 Å². The second kappa shape index (κ2) is 8.29. The number of nitrogens with two attached hydrogens (primary N) is 2. The summed E-state index contributed by atoms with van der Waals surface area (Å²) in [5.74, 6) is 0.852. The van der Waals surface area contributed by atoms with Crippen molar-refractivity contribution in [1.82, 2.24) is 9.36 Å². The van der Waals surface area contributed by atoms with Crippen LogP contribution in [0.2, 0.25) is 0 Å². The lowest BCUT2D eigenvalue weighted by Crippen LogP contribution is -2.41. The molecule has 0 amide bonds. The van der Waals surface area contributed by atoms with Gasteiger partial charge in [-0.3, -0.25) is 0 Å². The number of hydrogen-bond acceptors (Lipinski definition) is 6. The molecule has 2 heterocycles. The zero-order chi connectivity index (χ0) is 20.3. The van der Waals surface area contributed by atoms with Gasteiger partial charge in [0.05, 0.1) is 18.3 Å². The van der Waals surface area contributed by atoms with Gasteiger partial charge < -0.3 is 16.2 Å². The summed E-state index contributed by atoms with van der Waals surface area (Å²) < 4.78 is 9.88. The standard InChI is InChI=1S/C23H24N4OS/c1-28-19-10-8-18(9-11-19)17-6-4-16(5-7-17)15-23(25,12-13-24)21-20-3-2-14-26-22(20)29-27-21/h2-11,14H,12-13,15,24-25H2,1H3. The van der Waals surface area contributed by atoms with E-state index in [-0.39, 0.29) is 0 Å². The minimum Gasteiger partial charge on any atom is -0.497 e. The maximum atomic E-state index is 6.88. The smallest absolute Gasteiger partial charge is 0.143 e. The van der Waals surface area contributed by atoms with Crippen molar-refractivity contribution in [3.8, 4) is 16.9 Å². The Morgan fingerprint density at radius 2 is 1.69 bits per heavy atom. The number of hydrogen-bond donors (Lipinski definition) is 2. The fraction of sp³-hybridized carbons (Fsp3) is 0.217. The normalized spacial score (nSPS) is 13.3. The molecule has 0 aliphatic rings. The van der Waals surface area contributed by atoms with Crippen LogP contribution < -0.4 is 16.2 Å². The van der Waals surface area contributed by atoms with Crippen LogP contribution in [0.25, 0.3) is 21.3 Å². The van der Waals surface area contributed by atoms with Gasteiger partial charge in [-0.05, 0) is 71.9 Å². The molecule has 0 aliphatic carbocycles. The Bertz CT molecular complexity index is 1090. The summed E-state index contributed by atoms with van der Waals surface area (Å²) in [5, 5.41) is 1.02. The first-order chi connectivity index (χ1) is 14.1. The van der Waals surface area contributed by atoms with Gasteiger partial charge in [0.25, 0.3) is 0 Å². The maximum Gasteiger partial charge on any atom is 0.143 e. The minimum absolute atomic E-state index is 0.500. The summed E-state index contributed by atoms with van der Waals surface area (Å²) in [6.07, 6.45) is 3.10. The van der Waals surface area contributed by atoms with E-state index < -0.39 is 5.54 Å². The highest BCUT2D eigenvalue weighted by molar-refractivity contribution is 7.12. The molecule has 0 fully saturated rings. The molecule has 0 saturated heterocycles. The minimum atomic E-state index is -0.627. The third-order valence-electron chi connectivity index (χ3n) is 5.21. The third kappa shape index (κ3) is 4.00. The van der Waals surface area contributed by atoms with E-state index in [1.807, 2.05) is 24.3 Å². The van der Waals surface area contributed by atoms with Crippen molar-refractivity contribution < 1.29 is 4.74 Å². The Morgan fingerprint density at radius 3 is 2.34 bits per heavy atom. The van der Waals surface area contributed by atoms with Crippen LogP contribution in [0.5, 0.6) is 5.75 Å². The van der Waals surface area contributed by atoms with E-state index in [0.29, 0.717) is 19.4 Å². The lowest BCUT2D eigenvalue weighted by Gasteiger charge is -2.28. The van der Waals surface area contributed by atoms with E-state index in [1.165, 1.54) is 11.5 Å². The van der Waals surface area contributed by atoms with E-state index in [2.05, 4.69) is 45.8 Å². The molecule has 6 heteroatoms. The molecule has 0 spiro atoms. The van der Waals surface area contributed by atoms with Crippen LogP contribution in [-0.4, -0.2) is 23.0 Å². The average molecular weight is 405 g/mol. The first-order valence-corrected chi connectivity index (χ1v) is 10.3. The summed E-state index contributed by atoms with van der Waals surface area (Å²) in [6.45, 7) is 0.500. The van der Waals surface area contributed by atoms with Gasteiger partial charge in [0.2, 0.25) is 0 Å². The van der Waals surface area contributed by atoms with Crippen LogP contribution in [0, 0.1) is 0 Å². The van der Waals surface area contributed by atoms with Crippen molar-refractivity contribution in [2.24, 2.45) is 11.5 Å². The van der Waals surface area contributed by atoms with Crippen LogP contribution in [0.3, 0.4) is 0 Å². The molecule has 4 rings (SSSR count). The number of nitrogens with zero attached hydrogens (tertiary/aromatic N) is 2. The maximum absolute atomic E-state index is 6.88. The van der Waals surface area contributed by atoms with Crippen LogP contribution >= 0.6 is 11.5 Å². The number of methoxy groups -OCH3 is 1. The van der Waals surface area contributed by atoms with E-state index in [0.717, 1.165) is 38.4 Å². The van der Waals surface area contributed by atoms with E-state index in [9.17, 15) is 0 Å². The summed E-state index contributed by atoms with van der Waals surface area (Å²) in [5.41, 5.74) is 16.5. The van der Waals surface area contributed by atoms with Crippen LogP contribution in [-0.2, 0) is 12.0 Å². The molecule has 0 bridgehead atoms. The van der Waals surface area contributed by atoms with Crippen LogP contribution in [0.4, 0.5) is 0 Å². The summed E-state index contributed by atoms with van der Waals surface area (Å²) in [7, 11) is 1.67. The highest BCUT2D eigenvalue weighted by atomic mass is 32.1. The van der Waals surface area contributed by atoms with Crippen molar-refractivity contribution in [3.63, 3.8) is 0 Å². The molecule has 5 nitrogen and oxygen atoms in total. The summed E-state index contributed by atoms with van der Waals surface area (Å²) in [4.78, 5) is 5.31. The van der Waals surface area contributed by atoms with Gasteiger partial charge in [-0.25, -0.2) is 4.98 Å². The zero-order valence-electron chi connectivity index (χ0n) is 16.3. The van der Waals surface area contributed by atoms with Crippen molar-refractivity contribution in [1.29, 1.82) is 0 Å². The van der Waals surface area contributed by atoms with Crippen LogP contribution in [0.1, 0.15) is 17.7 Å². The Kier molecular flexibility index (Phi) is 5.58. The monoisotopic (exact) mass is 404 g/mol. The number of ether oxygens (including phenoxy) is 1. The van der Waals surface area contributed by atoms with Crippen molar-refractivity contribution in [2.75, 3.05) is 13.7 Å². The van der Waals surface area contributed by atoms with Gasteiger partial charge in [-0.2, -0.15) is 4.37 Å². The Morgan fingerprint density at radius 1 is 1.00 bits per heavy atom. The molecule has 1 atom stereocenters. The molecule has 0 saturated carbocycles. The van der Waals surface area contributed by atoms with Gasteiger partial charge in [-0.15, -0.1) is 0 Å². The molecule has 29 heavy (non-hydrogen) atoms. The van der Waals surface area contributed by atoms with Gasteiger partial charge in [-0.1, -0.05) is 36.4 Å². The quantitative estimate of drug-likeness (QED) is 0.484. The average Bonchev–Trinajstić information content (AvgIpc) is 3.20. The van der Waals surface area contributed by atoms with Gasteiger partial charge in [0.15, 0.2) is 0 Å². The fourth-order valence-corrected chi connectivity index (χ4v) is 4.48. The van der Waals surface area contributed by atoms with E-state index in [1.54, 1.807) is 13.3 Å². The molecular formula is C23H24N4OS. The second-order valence-corrected chi connectivity index (χ2v) is 7.94. The predicted molar refractivity (Wildman–Crippen MR) is 119 cm³/mol. The predicted octanol–water partition coefficient (Wildman–Crippen LogP) is 4.11. The van der Waals surface area contributed by atoms with Gasteiger partial charge >= 0.3 is 0 Å². The molecule has 0 aliphatic heterocycles. The van der Waals surface area contributed by atoms with E-state index in [4.69, 9.17) is 16.2 Å². The first-order valence-electron chi connectivity index (χ1n) is 9.56. The van der Waals surface area contributed by atoms with Gasteiger partial charge in [0.1, 0.15) is 10.6 Å². The molecule has 0 radical (unpaired) electrons. The van der Waals surface area contributed by atoms with Crippen molar-refractivity contribution >= 4 is 21.7 Å². The highest BCUT2D eigenvalue weighted by Crippen LogP contribution is 2.33. The molecule has 1 unspecified atom stereocenters. The number of aromatic nitrogens is 2. The summed E-state index contributed by atoms with van der Waals surface area (Å²) >= 11 is 1.39. The molecule has 4 aromatic rings. The number of pyridine rings is 1. The summed E-state index contributed by atoms with van der Waals surface area (Å²) in [6, 6.07) is 20.5. The molecule has 4 N–H and O–H groups in total. The third-order valence-corrected chi connectivity index (χ3v) is 5.98. The second-order valence-electron chi connectivity index (χ2n) is 7.18. The SMILES string of the molecule is COc1ccc(-c2ccc(CC(N)(CCN)c3nsc4ncccc34)cc2)cc1. The molecular weight excluding hydrogens is 380 g/mol. The Hall–Kier alpha value is -2.80. The Balaban J connectivity index is 1.61. The Labute approximate surface area is 174 Å². The van der Waals surface area contributed by atoms with Crippen LogP contribution in [0.15, 0.2) is 66.9 Å². The number of fused-ring (bicyclic) bond motifs is 1. The lowest BCUT2D eigenvalue weighted by molar-refractivity contribution is 0.407. The molecule has 2 aromatic carbocycles.